The molecule has 0 aliphatic carbocycles. The maximum absolute atomic E-state index is 11.3. The average molecular weight is 1820 g/mol. The first-order valence-electron chi connectivity index (χ1n) is 41.0. The fourth-order valence-electron chi connectivity index (χ4n) is 14.4. The Bertz CT molecular complexity index is 6090. The van der Waals surface area contributed by atoms with Crippen LogP contribution in [-0.4, -0.2) is 23.9 Å². The van der Waals surface area contributed by atoms with Crippen LogP contribution in [-0.2, 0) is 71.3 Å². The van der Waals surface area contributed by atoms with Gasteiger partial charge in [-0.1, -0.05) is 321 Å². The number of carbonyl (C=O) groups excluding carboxylic acids is 4. The number of aryl methyl sites for hydroxylation is 3. The number of carboxylic acids is 4. The summed E-state index contributed by atoms with van der Waals surface area (Å²) in [5.41, 5.74) is 21.5. The fourth-order valence-corrected chi connectivity index (χ4v) is 16.9. The Morgan fingerprint density at radius 2 is 0.589 bits per heavy atom. The summed E-state index contributed by atoms with van der Waals surface area (Å²) in [7, 11) is 0. The third-order valence-corrected chi connectivity index (χ3v) is 23.6. The van der Waals surface area contributed by atoms with Gasteiger partial charge >= 0.3 is 118 Å². The van der Waals surface area contributed by atoms with Gasteiger partial charge in [-0.25, -0.2) is 0 Å². The van der Waals surface area contributed by atoms with E-state index in [2.05, 4.69) is 90.3 Å². The summed E-state index contributed by atoms with van der Waals surface area (Å²) in [5, 5.41) is 47.2. The molecule has 0 saturated heterocycles. The molecule has 20 heteroatoms. The van der Waals surface area contributed by atoms with Gasteiger partial charge in [0.2, 0.25) is 0 Å². The molecule has 16 aromatic rings. The molecule has 2 heterocycles. The molecular weight excluding hydrogens is 1730 g/mol. The van der Waals surface area contributed by atoms with Crippen LogP contribution in [0.25, 0.3) is 87.0 Å². The van der Waals surface area contributed by atoms with Crippen molar-refractivity contribution in [2.75, 3.05) is 0 Å². The van der Waals surface area contributed by atoms with Gasteiger partial charge in [-0.2, -0.15) is 0 Å². The van der Waals surface area contributed by atoms with E-state index in [1.165, 1.54) is 0 Å². The van der Waals surface area contributed by atoms with E-state index in [-0.39, 0.29) is 144 Å². The number of halogens is 2. The van der Waals surface area contributed by atoms with E-state index < -0.39 is 29.8 Å². The van der Waals surface area contributed by atoms with Crippen molar-refractivity contribution in [2.45, 2.75) is 78.3 Å². The minimum absolute atomic E-state index is 0. The Morgan fingerprint density at radius 1 is 0.295 bits per heavy atom. The molecule has 0 fully saturated rings. The monoisotopic (exact) mass is 1810 g/mol. The first kappa shape index (κ1) is 103. The Kier molecular flexibility index (Phi) is 42.6. The van der Waals surface area contributed by atoms with Gasteiger partial charge in [-0.05, 0) is 224 Å². The third kappa shape index (κ3) is 30.4. The number of rotatable bonds is 32. The number of hydrogen-bond acceptors (Lipinski definition) is 14. The van der Waals surface area contributed by atoms with Crippen molar-refractivity contribution in [3.63, 3.8) is 0 Å². The maximum atomic E-state index is 11.3. The molecule has 1 atom stereocenters. The number of benzene rings is 14. The van der Waals surface area contributed by atoms with Gasteiger partial charge < -0.3 is 58.6 Å². The molecule has 129 heavy (non-hydrogen) atoms. The summed E-state index contributed by atoms with van der Waals surface area (Å²) in [6.07, 6.45) is 1.79. The molecule has 0 aliphatic rings. The van der Waals surface area contributed by atoms with E-state index in [9.17, 15) is 39.6 Å². The molecule has 0 bridgehead atoms. The first-order chi connectivity index (χ1) is 61.0. The summed E-state index contributed by atoms with van der Waals surface area (Å²) in [4.78, 5) is 47.3. The zero-order chi connectivity index (χ0) is 87.1. The molecule has 0 amide bonds. The van der Waals surface area contributed by atoms with E-state index in [0.717, 1.165) is 154 Å². The van der Waals surface area contributed by atoms with Crippen LogP contribution in [0.1, 0.15) is 70.7 Å². The van der Waals surface area contributed by atoms with Crippen molar-refractivity contribution < 1.29 is 177 Å². The predicted octanol–water partition coefficient (Wildman–Crippen LogP) is 10.8. The molecule has 14 aromatic carbocycles. The topological polar surface area (TPSA) is 197 Å². The number of thiophene rings is 2. The Hall–Kier alpha value is -9.86. The normalized spacial score (nSPS) is 10.6. The van der Waals surface area contributed by atoms with Crippen LogP contribution in [0.5, 0.6) is 23.0 Å². The van der Waals surface area contributed by atoms with Gasteiger partial charge in [0.05, 0.1) is 0 Å². The van der Waals surface area contributed by atoms with Crippen LogP contribution < -0.4 is 158 Å². The maximum Gasteiger partial charge on any atom is 1.00 e. The second-order valence-electron chi connectivity index (χ2n) is 29.5. The van der Waals surface area contributed by atoms with Crippen molar-refractivity contribution in [1.29, 1.82) is 0 Å². The third-order valence-electron chi connectivity index (χ3n) is 20.8. The van der Waals surface area contributed by atoms with Crippen molar-refractivity contribution in [1.82, 2.24) is 0 Å². The molecule has 0 spiro atoms. The smallest absolute Gasteiger partial charge is 0.550 e. The molecule has 12 nitrogen and oxygen atoms in total. The van der Waals surface area contributed by atoms with Gasteiger partial charge in [0.1, 0.15) is 49.4 Å². The van der Waals surface area contributed by atoms with E-state index in [1.807, 2.05) is 267 Å². The van der Waals surface area contributed by atoms with Crippen LogP contribution in [0.15, 0.2) is 375 Å². The predicted molar refractivity (Wildman–Crippen MR) is 496 cm³/mol. The van der Waals surface area contributed by atoms with Gasteiger partial charge in [0.15, 0.2) is 0 Å². The van der Waals surface area contributed by atoms with Gasteiger partial charge in [-0.15, -0.1) is 22.7 Å². The van der Waals surface area contributed by atoms with Crippen molar-refractivity contribution in [3.8, 4) is 110 Å². The molecular formula is C109H88Cl2Na4O12S2. The van der Waals surface area contributed by atoms with Crippen LogP contribution in [0.3, 0.4) is 0 Å². The second kappa shape index (κ2) is 53.5. The fraction of sp³-hybridized carbons (Fsp3) is 0.119. The SMILES string of the molecule is CC(Cc1ccccc1-c1cccc(-c2ccccc2OCc2ccccc2)c1)C(=O)[O-].O=C([O-])CCc1ccccc1-c1ccc(-c2ccccc2OCc2ccccc2)s1.O=C([O-])CCc1ccccc1-c1cccc(-c2ccccc2OCc2c(Cl)cccc2Cl)c1.O=C([O-])CCc1ccccc1-c1csc(-c2ccccc2OCc2ccccc2)c1.[Na+].[Na+].[Na+].[Na+]. The van der Waals surface area contributed by atoms with Gasteiger partial charge in [0, 0.05) is 76.4 Å². The number of carboxylic acid groups (broad SMARTS) is 4. The number of ether oxygens (including phenoxy) is 4. The van der Waals surface area contributed by atoms with E-state index in [0.29, 0.717) is 55.5 Å². The van der Waals surface area contributed by atoms with E-state index in [1.54, 1.807) is 47.8 Å². The second-order valence-corrected chi connectivity index (χ2v) is 32.3. The minimum atomic E-state index is -1.05. The Balaban J connectivity index is 0.000000192. The molecule has 626 valence electrons. The average Bonchev–Trinajstić information content (AvgIpc) is 1.01. The van der Waals surface area contributed by atoms with Crippen molar-refractivity contribution in [3.05, 3.63) is 430 Å². The number of aliphatic carboxylic acids is 4. The molecule has 16 rings (SSSR count). The van der Waals surface area contributed by atoms with Gasteiger partial charge in [-0.3, -0.25) is 0 Å². The number of hydrogen-bond donors (Lipinski definition) is 0. The zero-order valence-electron chi connectivity index (χ0n) is 72.6. The minimum Gasteiger partial charge on any atom is -0.550 e. The van der Waals surface area contributed by atoms with Crippen molar-refractivity contribution >= 4 is 69.8 Å². The van der Waals surface area contributed by atoms with Crippen LogP contribution in [0, 0.1) is 5.92 Å². The van der Waals surface area contributed by atoms with Gasteiger partial charge in [0.25, 0.3) is 0 Å². The number of para-hydroxylation sites is 4. The van der Waals surface area contributed by atoms with E-state index in [4.69, 9.17) is 42.1 Å². The molecule has 0 aliphatic heterocycles. The molecule has 0 radical (unpaired) electrons. The van der Waals surface area contributed by atoms with Crippen LogP contribution >= 0.6 is 45.9 Å². The summed E-state index contributed by atoms with van der Waals surface area (Å²) in [5.74, 6) is -1.45. The summed E-state index contributed by atoms with van der Waals surface area (Å²) < 4.78 is 24.5. The van der Waals surface area contributed by atoms with Crippen molar-refractivity contribution in [2.24, 2.45) is 5.92 Å². The molecule has 2 aromatic heterocycles. The van der Waals surface area contributed by atoms with Crippen LogP contribution in [0.4, 0.5) is 0 Å². The summed E-state index contributed by atoms with van der Waals surface area (Å²) in [6.45, 7) is 3.47. The first-order valence-corrected chi connectivity index (χ1v) is 43.5. The number of carbonyl (C=O) groups is 4. The standard InChI is InChI=1S/C29H26O3.C28H22Cl2O3.2C26H22O3S.4Na/c1-21(29(30)31)18-23-12-5-6-15-26(23)24-13-9-14-25(19-24)27-16-7-8-17-28(27)32-20-22-10-3-2-4-11-22;29-25-12-6-13-26(30)24(25)18-33-27-14-4-3-11-23(27)21-9-5-8-20(17-21)22-10-2-1-7-19(22)15-16-28(31)32;27-26(28)17-14-20-10-4-5-11-21(20)24-15-16-25(30-24)22-12-6-7-13-23(22)29-18-19-8-2-1-3-9-19;27-26(28)15-14-20-10-4-5-11-22(20)21-16-25(30-18-21)23-12-6-7-13-24(23)29-17-19-8-2-1-3-9-19;;;;/h2-17,19,21H,18,20H2,1H3,(H,30,31);1-14,17H,15-16,18H2,(H,31,32);1-13,15-16H,14,17-18H2,(H,27,28);1-13,16,18H,14-15,17H2,(H,27,28);;;;/q;;;;4*+1/p-4. The summed E-state index contributed by atoms with van der Waals surface area (Å²) >= 11 is 15.9. The Morgan fingerprint density at radius 3 is 0.992 bits per heavy atom. The molecule has 0 saturated carbocycles. The molecule has 0 N–H and O–H groups in total. The summed E-state index contributed by atoms with van der Waals surface area (Å²) in [6, 6.07) is 122. The zero-order valence-corrected chi connectivity index (χ0v) is 83.8. The van der Waals surface area contributed by atoms with Crippen LogP contribution in [0.2, 0.25) is 10.0 Å². The molecule has 1 unspecified atom stereocenters. The quantitative estimate of drug-likeness (QED) is 0.0362. The Labute approximate surface area is 860 Å². The van der Waals surface area contributed by atoms with E-state index >= 15 is 0 Å². The largest absolute Gasteiger partial charge is 1.00 e.